The summed E-state index contributed by atoms with van der Waals surface area (Å²) in [7, 11) is -3.84. The van der Waals surface area contributed by atoms with Crippen LogP contribution in [-0.4, -0.2) is 26.8 Å². The maximum Gasteiger partial charge on any atom is 0.261 e. The number of benzene rings is 3. The molecule has 2 amide bonds. The van der Waals surface area contributed by atoms with Crippen LogP contribution in [0.5, 0.6) is 0 Å². The van der Waals surface area contributed by atoms with Crippen molar-refractivity contribution in [3.8, 4) is 0 Å². The molecule has 3 N–H and O–H groups in total. The lowest BCUT2D eigenvalue weighted by Crippen LogP contribution is -2.30. The maximum absolute atomic E-state index is 12.7. The second kappa shape index (κ2) is 10.6. The monoisotopic (exact) mass is 451 g/mol. The lowest BCUT2D eigenvalue weighted by molar-refractivity contribution is -0.121. The Morgan fingerprint density at radius 1 is 0.844 bits per heavy atom. The topological polar surface area (TPSA) is 104 Å². The van der Waals surface area contributed by atoms with Gasteiger partial charge >= 0.3 is 0 Å². The molecular weight excluding hydrogens is 426 g/mol. The number of hydrogen-bond donors (Lipinski definition) is 3. The zero-order chi connectivity index (χ0) is 23.0. The number of nitrogens with one attached hydrogen (secondary N) is 3. The van der Waals surface area contributed by atoms with Gasteiger partial charge in [0.05, 0.1) is 4.90 Å². The molecule has 8 heteroatoms. The number of carbonyl (C=O) groups is 2. The lowest BCUT2D eigenvalue weighted by atomic mass is 10.2. The average molecular weight is 452 g/mol. The Morgan fingerprint density at radius 2 is 1.56 bits per heavy atom. The summed E-state index contributed by atoms with van der Waals surface area (Å²) in [6.45, 7) is 2.47. The smallest absolute Gasteiger partial charge is 0.261 e. The summed E-state index contributed by atoms with van der Waals surface area (Å²) < 4.78 is 27.8. The van der Waals surface area contributed by atoms with Crippen molar-refractivity contribution in [3.05, 3.63) is 95.6 Å². The van der Waals surface area contributed by atoms with E-state index in [9.17, 15) is 18.0 Å². The lowest BCUT2D eigenvalue weighted by Gasteiger charge is -2.10. The SMILES string of the molecule is Cc1ccc(NS(=O)(=O)c2cccc(C(=O)NCCC(=O)NCc3ccccc3)c2)cc1. The van der Waals surface area contributed by atoms with Crippen LogP contribution in [0.1, 0.15) is 27.9 Å². The third-order valence-corrected chi connectivity index (χ3v) is 6.06. The van der Waals surface area contributed by atoms with E-state index in [1.807, 2.05) is 37.3 Å². The Hall–Kier alpha value is -3.65. The second-order valence-electron chi connectivity index (χ2n) is 7.27. The fraction of sp³-hybridized carbons (Fsp3) is 0.167. The van der Waals surface area contributed by atoms with Crippen molar-refractivity contribution >= 4 is 27.5 Å². The van der Waals surface area contributed by atoms with Crippen LogP contribution in [0.25, 0.3) is 0 Å². The summed E-state index contributed by atoms with van der Waals surface area (Å²) in [4.78, 5) is 24.4. The molecule has 0 spiro atoms. The van der Waals surface area contributed by atoms with Crippen LogP contribution in [-0.2, 0) is 21.4 Å². The molecule has 0 atom stereocenters. The summed E-state index contributed by atoms with van der Waals surface area (Å²) in [6.07, 6.45) is 0.117. The number of amides is 2. The van der Waals surface area contributed by atoms with Gasteiger partial charge in [0.15, 0.2) is 0 Å². The van der Waals surface area contributed by atoms with E-state index in [4.69, 9.17) is 0 Å². The van der Waals surface area contributed by atoms with Crippen molar-refractivity contribution in [3.63, 3.8) is 0 Å². The number of sulfonamides is 1. The van der Waals surface area contributed by atoms with Crippen molar-refractivity contribution in [2.24, 2.45) is 0 Å². The Bertz CT molecular complexity index is 1180. The molecule has 3 aromatic carbocycles. The molecule has 0 unspecified atom stereocenters. The third-order valence-electron chi connectivity index (χ3n) is 4.68. The Balaban J connectivity index is 1.53. The number of carbonyl (C=O) groups excluding carboxylic acids is 2. The van der Waals surface area contributed by atoms with Gasteiger partial charge in [-0.3, -0.25) is 14.3 Å². The summed E-state index contributed by atoms with van der Waals surface area (Å²) in [6, 6.07) is 22.2. The predicted molar refractivity (Wildman–Crippen MR) is 124 cm³/mol. The zero-order valence-electron chi connectivity index (χ0n) is 17.7. The van der Waals surface area contributed by atoms with Crippen LogP contribution in [0, 0.1) is 6.92 Å². The van der Waals surface area contributed by atoms with E-state index in [2.05, 4.69) is 15.4 Å². The highest BCUT2D eigenvalue weighted by Gasteiger charge is 2.16. The van der Waals surface area contributed by atoms with Crippen molar-refractivity contribution in [2.75, 3.05) is 11.3 Å². The number of hydrogen-bond acceptors (Lipinski definition) is 4. The highest BCUT2D eigenvalue weighted by molar-refractivity contribution is 7.92. The fourth-order valence-electron chi connectivity index (χ4n) is 2.92. The first-order valence-corrected chi connectivity index (χ1v) is 11.6. The Labute approximate surface area is 187 Å². The zero-order valence-corrected chi connectivity index (χ0v) is 18.5. The standard InChI is InChI=1S/C24H25N3O4S/c1-18-10-12-21(13-11-18)27-32(30,31)22-9-5-8-20(16-22)24(29)25-15-14-23(28)26-17-19-6-3-2-4-7-19/h2-13,16,27H,14-15,17H2,1H3,(H,25,29)(H,26,28). The van der Waals surface area contributed by atoms with Gasteiger partial charge in [0.2, 0.25) is 5.91 Å². The molecule has 0 saturated carbocycles. The van der Waals surface area contributed by atoms with Crippen molar-refractivity contribution in [1.29, 1.82) is 0 Å². The van der Waals surface area contributed by atoms with Gasteiger partial charge in [0.25, 0.3) is 15.9 Å². The van der Waals surface area contributed by atoms with Crippen molar-refractivity contribution in [2.45, 2.75) is 24.8 Å². The van der Waals surface area contributed by atoms with Gasteiger partial charge in [-0.2, -0.15) is 0 Å². The molecule has 3 rings (SSSR count). The number of rotatable bonds is 9. The summed E-state index contributed by atoms with van der Waals surface area (Å²) in [5.74, 6) is -0.638. The summed E-state index contributed by atoms with van der Waals surface area (Å²) >= 11 is 0. The first kappa shape index (κ1) is 23.0. The van der Waals surface area contributed by atoms with Crippen LogP contribution in [0.2, 0.25) is 0 Å². The number of anilines is 1. The first-order valence-electron chi connectivity index (χ1n) is 10.1. The van der Waals surface area contributed by atoms with Crippen molar-refractivity contribution < 1.29 is 18.0 Å². The molecule has 0 heterocycles. The molecule has 0 aromatic heterocycles. The van der Waals surface area contributed by atoms with Crippen LogP contribution in [0.3, 0.4) is 0 Å². The molecule has 0 radical (unpaired) electrons. The molecule has 0 aliphatic heterocycles. The van der Waals surface area contributed by atoms with Gasteiger partial charge < -0.3 is 10.6 Å². The molecule has 0 bridgehead atoms. The minimum atomic E-state index is -3.84. The molecule has 3 aromatic rings. The van der Waals surface area contributed by atoms with Crippen LogP contribution in [0.4, 0.5) is 5.69 Å². The quantitative estimate of drug-likeness (QED) is 0.465. The molecule has 0 saturated heterocycles. The average Bonchev–Trinajstić information content (AvgIpc) is 2.80. The Kier molecular flexibility index (Phi) is 7.62. The van der Waals surface area contributed by atoms with Gasteiger partial charge in [0, 0.05) is 30.8 Å². The Morgan fingerprint density at radius 3 is 2.28 bits per heavy atom. The van der Waals surface area contributed by atoms with Gasteiger partial charge in [0.1, 0.15) is 0 Å². The molecular formula is C24H25N3O4S. The highest BCUT2D eigenvalue weighted by atomic mass is 32.2. The van der Waals surface area contributed by atoms with Gasteiger partial charge in [-0.15, -0.1) is 0 Å². The van der Waals surface area contributed by atoms with E-state index in [1.165, 1.54) is 24.3 Å². The largest absolute Gasteiger partial charge is 0.352 e. The van der Waals surface area contributed by atoms with Crippen LogP contribution < -0.4 is 15.4 Å². The summed E-state index contributed by atoms with van der Waals surface area (Å²) in [5, 5.41) is 5.44. The van der Waals surface area contributed by atoms with E-state index >= 15 is 0 Å². The van der Waals surface area contributed by atoms with E-state index in [0.717, 1.165) is 11.1 Å². The van der Waals surface area contributed by atoms with Gasteiger partial charge in [-0.25, -0.2) is 8.42 Å². The second-order valence-corrected chi connectivity index (χ2v) is 8.95. The van der Waals surface area contributed by atoms with E-state index in [0.29, 0.717) is 12.2 Å². The van der Waals surface area contributed by atoms with E-state index in [-0.39, 0.29) is 29.3 Å². The molecule has 0 aliphatic rings. The molecule has 166 valence electrons. The molecule has 0 fully saturated rings. The van der Waals surface area contributed by atoms with Gasteiger partial charge in [-0.1, -0.05) is 54.1 Å². The van der Waals surface area contributed by atoms with Crippen molar-refractivity contribution in [1.82, 2.24) is 10.6 Å². The minimum Gasteiger partial charge on any atom is -0.352 e. The normalized spacial score (nSPS) is 10.9. The maximum atomic E-state index is 12.7. The van der Waals surface area contributed by atoms with Gasteiger partial charge in [-0.05, 0) is 42.8 Å². The molecule has 32 heavy (non-hydrogen) atoms. The van der Waals surface area contributed by atoms with E-state index in [1.54, 1.807) is 24.3 Å². The highest BCUT2D eigenvalue weighted by Crippen LogP contribution is 2.17. The summed E-state index contributed by atoms with van der Waals surface area (Å²) in [5.41, 5.74) is 2.64. The third kappa shape index (κ3) is 6.68. The minimum absolute atomic E-state index is 0.0219. The molecule has 0 aliphatic carbocycles. The fourth-order valence-corrected chi connectivity index (χ4v) is 4.02. The molecule has 7 nitrogen and oxygen atoms in total. The van der Waals surface area contributed by atoms with Crippen LogP contribution in [0.15, 0.2) is 83.8 Å². The predicted octanol–water partition coefficient (Wildman–Crippen LogP) is 3.23. The first-order chi connectivity index (χ1) is 15.3. The van der Waals surface area contributed by atoms with Crippen LogP contribution >= 0.6 is 0 Å². The van der Waals surface area contributed by atoms with E-state index < -0.39 is 15.9 Å². The number of aryl methyl sites for hydroxylation is 1.